The molecule has 11 heteroatoms. The van der Waals surface area contributed by atoms with E-state index in [1.807, 2.05) is 6.92 Å². The second-order valence-corrected chi connectivity index (χ2v) is 11.5. The Labute approximate surface area is 237 Å². The summed E-state index contributed by atoms with van der Waals surface area (Å²) in [7, 11) is -2.15. The van der Waals surface area contributed by atoms with Gasteiger partial charge in [0.2, 0.25) is 0 Å². The summed E-state index contributed by atoms with van der Waals surface area (Å²) in [4.78, 5) is 17.3. The van der Waals surface area contributed by atoms with Crippen molar-refractivity contribution in [1.82, 2.24) is 4.98 Å². The van der Waals surface area contributed by atoms with Gasteiger partial charge in [-0.15, -0.1) is 0 Å². The molecule has 1 heterocycles. The third kappa shape index (κ3) is 6.50. The maximum Gasteiger partial charge on any atom is 0.191 e. The molecule has 3 aromatic carbocycles. The standard InChI is InChI=1S/C27H26Cl2N2O6S.CH4/c1-15-23(29)7-6-20-22(14-30-25(15)20)27(33)26(21-5-4-16(28)10-24(21)37-9-8-32)31-17-11-18(36-2)13-19(12-17)38(3,34)35;/h4-7,10-14,26,30-32H,8-9H2,1-3H3;1H4. The quantitative estimate of drug-likeness (QED) is 0.186. The number of aliphatic hydroxyl groups excluding tert-OH is 1. The number of hydrogen-bond donors (Lipinski definition) is 3. The largest absolute Gasteiger partial charge is 0.497 e. The lowest BCUT2D eigenvalue weighted by molar-refractivity contribution is 0.0969. The normalized spacial score (nSPS) is 12.1. The highest BCUT2D eigenvalue weighted by atomic mass is 35.5. The van der Waals surface area contributed by atoms with Gasteiger partial charge in [-0.2, -0.15) is 0 Å². The highest BCUT2D eigenvalue weighted by Gasteiger charge is 2.28. The van der Waals surface area contributed by atoms with E-state index in [1.54, 1.807) is 42.6 Å². The smallest absolute Gasteiger partial charge is 0.191 e. The average Bonchev–Trinajstić information content (AvgIpc) is 3.32. The number of ether oxygens (including phenoxy) is 2. The molecule has 208 valence electrons. The van der Waals surface area contributed by atoms with Crippen molar-refractivity contribution in [2.45, 2.75) is 25.3 Å². The molecule has 4 aromatic rings. The number of aromatic amines is 1. The summed E-state index contributed by atoms with van der Waals surface area (Å²) in [6.45, 7) is 1.60. The van der Waals surface area contributed by atoms with E-state index in [9.17, 15) is 18.3 Å². The van der Waals surface area contributed by atoms with E-state index in [1.165, 1.54) is 19.2 Å². The molecule has 0 aliphatic carbocycles. The van der Waals surface area contributed by atoms with Crippen LogP contribution in [-0.4, -0.2) is 50.9 Å². The molecule has 0 spiro atoms. The molecule has 0 saturated heterocycles. The predicted molar refractivity (Wildman–Crippen MR) is 156 cm³/mol. The lowest BCUT2D eigenvalue weighted by Gasteiger charge is -2.23. The molecule has 4 rings (SSSR count). The number of nitrogens with one attached hydrogen (secondary N) is 2. The van der Waals surface area contributed by atoms with Crippen LogP contribution in [0.5, 0.6) is 11.5 Å². The minimum atomic E-state index is -3.58. The van der Waals surface area contributed by atoms with E-state index < -0.39 is 15.9 Å². The van der Waals surface area contributed by atoms with Gasteiger partial charge in [0.15, 0.2) is 15.6 Å². The molecule has 8 nitrogen and oxygen atoms in total. The number of halogens is 2. The van der Waals surface area contributed by atoms with Crippen LogP contribution in [0.25, 0.3) is 10.9 Å². The predicted octanol–water partition coefficient (Wildman–Crippen LogP) is 6.24. The number of aliphatic hydroxyl groups is 1. The van der Waals surface area contributed by atoms with Crippen LogP contribution >= 0.6 is 23.2 Å². The number of Topliss-reactive ketones (excluding diaryl/α,β-unsaturated/α-hetero) is 1. The average molecular weight is 594 g/mol. The summed E-state index contributed by atoms with van der Waals surface area (Å²) in [5.74, 6) is 0.271. The van der Waals surface area contributed by atoms with Crippen molar-refractivity contribution in [1.29, 1.82) is 0 Å². The van der Waals surface area contributed by atoms with Crippen LogP contribution in [-0.2, 0) is 9.84 Å². The van der Waals surface area contributed by atoms with Crippen LogP contribution < -0.4 is 14.8 Å². The Morgan fingerprint density at radius 2 is 1.87 bits per heavy atom. The molecule has 0 saturated carbocycles. The maximum atomic E-state index is 14.2. The van der Waals surface area contributed by atoms with E-state index in [-0.39, 0.29) is 31.3 Å². The fourth-order valence-corrected chi connectivity index (χ4v) is 5.13. The van der Waals surface area contributed by atoms with Crippen molar-refractivity contribution in [2.75, 3.05) is 31.9 Å². The molecule has 1 aromatic heterocycles. The number of hydrogen-bond acceptors (Lipinski definition) is 7. The number of methoxy groups -OCH3 is 1. The topological polar surface area (TPSA) is 118 Å². The number of aromatic nitrogens is 1. The molecule has 0 amide bonds. The fourth-order valence-electron chi connectivity index (χ4n) is 4.14. The zero-order valence-electron chi connectivity index (χ0n) is 20.8. The van der Waals surface area contributed by atoms with Crippen LogP contribution in [0.2, 0.25) is 10.0 Å². The molecule has 0 radical (unpaired) electrons. The first-order valence-electron chi connectivity index (χ1n) is 11.5. The van der Waals surface area contributed by atoms with Crippen LogP contribution in [0, 0.1) is 6.92 Å². The van der Waals surface area contributed by atoms with Crippen LogP contribution in [0.4, 0.5) is 5.69 Å². The molecule has 0 fully saturated rings. The lowest BCUT2D eigenvalue weighted by atomic mass is 9.95. The van der Waals surface area contributed by atoms with Crippen LogP contribution in [0.15, 0.2) is 59.6 Å². The number of sulfone groups is 1. The van der Waals surface area contributed by atoms with Gasteiger partial charge in [0.1, 0.15) is 24.1 Å². The van der Waals surface area contributed by atoms with E-state index in [2.05, 4.69) is 10.3 Å². The monoisotopic (exact) mass is 592 g/mol. The molecule has 0 aliphatic rings. The van der Waals surface area contributed by atoms with Crippen molar-refractivity contribution in [3.05, 3.63) is 81.5 Å². The number of ketones is 1. The summed E-state index contributed by atoms with van der Waals surface area (Å²) in [5.41, 5.74) is 2.71. The Balaban J connectivity index is 0.00000420. The summed E-state index contributed by atoms with van der Waals surface area (Å²) < 4.78 is 35.7. The summed E-state index contributed by atoms with van der Waals surface area (Å²) in [5, 5.41) is 14.1. The number of fused-ring (bicyclic) bond motifs is 1. The molecule has 1 atom stereocenters. The first kappa shape index (κ1) is 30.3. The minimum Gasteiger partial charge on any atom is -0.497 e. The molecular weight excluding hydrogens is 563 g/mol. The van der Waals surface area contributed by atoms with E-state index in [0.717, 1.165) is 17.3 Å². The molecule has 0 aliphatic heterocycles. The Hall–Kier alpha value is -3.24. The number of carbonyl (C=O) groups is 1. The van der Waals surface area contributed by atoms with Crippen molar-refractivity contribution in [3.8, 4) is 11.5 Å². The third-order valence-corrected chi connectivity index (χ3v) is 7.80. The van der Waals surface area contributed by atoms with Gasteiger partial charge in [-0.25, -0.2) is 8.42 Å². The van der Waals surface area contributed by atoms with Gasteiger partial charge >= 0.3 is 0 Å². The SMILES string of the molecule is C.COc1cc(NC(C(=O)c2c[nH]c3c(C)c(Cl)ccc23)c2ccc(Cl)cc2OCCO)cc(S(C)(=O)=O)c1. The fraction of sp³-hybridized carbons (Fsp3) is 0.250. The second-order valence-electron chi connectivity index (χ2n) is 8.66. The van der Waals surface area contributed by atoms with Gasteiger partial charge in [0.25, 0.3) is 0 Å². The van der Waals surface area contributed by atoms with Crippen LogP contribution in [0.3, 0.4) is 0 Å². The van der Waals surface area contributed by atoms with Gasteiger partial charge in [0.05, 0.1) is 24.1 Å². The van der Waals surface area contributed by atoms with Crippen molar-refractivity contribution in [3.63, 3.8) is 0 Å². The Morgan fingerprint density at radius 1 is 1.13 bits per heavy atom. The van der Waals surface area contributed by atoms with E-state index in [4.69, 9.17) is 32.7 Å². The number of benzene rings is 3. The van der Waals surface area contributed by atoms with Gasteiger partial charge in [0, 0.05) is 50.8 Å². The Bertz CT molecular complexity index is 1620. The highest BCUT2D eigenvalue weighted by molar-refractivity contribution is 7.90. The van der Waals surface area contributed by atoms with Gasteiger partial charge in [-0.1, -0.05) is 42.8 Å². The minimum absolute atomic E-state index is 0. The number of rotatable bonds is 10. The molecule has 39 heavy (non-hydrogen) atoms. The maximum absolute atomic E-state index is 14.2. The zero-order valence-corrected chi connectivity index (χ0v) is 23.2. The summed E-state index contributed by atoms with van der Waals surface area (Å²) >= 11 is 12.5. The molecule has 1 unspecified atom stereocenters. The first-order chi connectivity index (χ1) is 18.0. The zero-order chi connectivity index (χ0) is 27.6. The van der Waals surface area contributed by atoms with Crippen molar-refractivity contribution in [2.24, 2.45) is 0 Å². The second kappa shape index (κ2) is 12.3. The molecule has 3 N–H and O–H groups in total. The van der Waals surface area contributed by atoms with Crippen molar-refractivity contribution < 1.29 is 27.8 Å². The Kier molecular flexibility index (Phi) is 9.55. The highest BCUT2D eigenvalue weighted by Crippen LogP contribution is 2.36. The molecule has 0 bridgehead atoms. The van der Waals surface area contributed by atoms with E-state index >= 15 is 0 Å². The van der Waals surface area contributed by atoms with Gasteiger partial charge in [-0.3, -0.25) is 4.79 Å². The number of aryl methyl sites for hydroxylation is 1. The molecular formula is C28H30Cl2N2O6S. The van der Waals surface area contributed by atoms with Crippen molar-refractivity contribution >= 4 is 55.4 Å². The van der Waals surface area contributed by atoms with Crippen LogP contribution in [0.1, 0.15) is 35.0 Å². The summed E-state index contributed by atoms with van der Waals surface area (Å²) in [6, 6.07) is 11.7. The number of anilines is 1. The first-order valence-corrected chi connectivity index (χ1v) is 14.2. The number of carbonyl (C=O) groups excluding carboxylic acids is 1. The lowest BCUT2D eigenvalue weighted by Crippen LogP contribution is -2.22. The number of H-pyrrole nitrogens is 1. The third-order valence-electron chi connectivity index (χ3n) is 6.07. The summed E-state index contributed by atoms with van der Waals surface area (Å²) in [6.07, 6.45) is 2.70. The van der Waals surface area contributed by atoms with Gasteiger partial charge in [-0.05, 0) is 42.8 Å². The Morgan fingerprint density at radius 3 is 2.54 bits per heavy atom. The van der Waals surface area contributed by atoms with E-state index in [0.29, 0.717) is 43.7 Å². The van der Waals surface area contributed by atoms with Gasteiger partial charge < -0.3 is 24.9 Å².